The van der Waals surface area contributed by atoms with Gasteiger partial charge in [-0.25, -0.2) is 4.68 Å². The van der Waals surface area contributed by atoms with Gasteiger partial charge in [0.2, 0.25) is 0 Å². The molecule has 0 aliphatic carbocycles. The highest BCUT2D eigenvalue weighted by Crippen LogP contribution is 2.13. The third-order valence-electron chi connectivity index (χ3n) is 2.71. The Morgan fingerprint density at radius 1 is 1.16 bits per heavy atom. The number of nitrogens with zero attached hydrogens (tertiary/aromatic N) is 3. The average molecular weight is 263 g/mol. The van der Waals surface area contributed by atoms with Crippen LogP contribution in [0.3, 0.4) is 0 Å². The molecule has 0 radical (unpaired) electrons. The summed E-state index contributed by atoms with van der Waals surface area (Å²) in [5.74, 6) is 0.751. The first-order valence-corrected chi connectivity index (χ1v) is 6.16. The molecule has 1 aromatic heterocycles. The number of aromatic nitrogens is 3. The number of aliphatic hydroxyl groups excluding tert-OH is 2. The van der Waals surface area contributed by atoms with Crippen molar-refractivity contribution in [2.75, 3.05) is 6.61 Å². The minimum absolute atomic E-state index is 0.0906. The highest BCUT2D eigenvalue weighted by molar-refractivity contribution is 5.21. The summed E-state index contributed by atoms with van der Waals surface area (Å²) in [4.78, 5) is 0. The van der Waals surface area contributed by atoms with E-state index in [1.807, 2.05) is 30.3 Å². The summed E-state index contributed by atoms with van der Waals surface area (Å²) >= 11 is 0. The number of hydrogen-bond donors (Lipinski definition) is 2. The Kier molecular flexibility index (Phi) is 4.88. The van der Waals surface area contributed by atoms with Crippen LogP contribution in [0.5, 0.6) is 5.75 Å². The minimum Gasteiger partial charge on any atom is -0.487 e. The third-order valence-corrected chi connectivity index (χ3v) is 2.71. The third kappa shape index (κ3) is 3.52. The van der Waals surface area contributed by atoms with Gasteiger partial charge in [0.1, 0.15) is 23.7 Å². The van der Waals surface area contributed by atoms with Crippen molar-refractivity contribution in [3.05, 3.63) is 41.7 Å². The number of hydrogen-bond acceptors (Lipinski definition) is 5. The van der Waals surface area contributed by atoms with Crippen molar-refractivity contribution in [1.29, 1.82) is 0 Å². The van der Waals surface area contributed by atoms with Crippen LogP contribution in [0.4, 0.5) is 0 Å². The zero-order valence-corrected chi connectivity index (χ0v) is 10.6. The van der Waals surface area contributed by atoms with Crippen molar-refractivity contribution in [2.24, 2.45) is 0 Å². The molecule has 0 unspecified atom stereocenters. The molecule has 2 aromatic rings. The zero-order chi connectivity index (χ0) is 13.5. The van der Waals surface area contributed by atoms with E-state index in [4.69, 9.17) is 9.84 Å². The molecule has 2 rings (SSSR count). The Labute approximate surface area is 111 Å². The lowest BCUT2D eigenvalue weighted by Crippen LogP contribution is -2.10. The molecule has 2 N–H and O–H groups in total. The van der Waals surface area contributed by atoms with Crippen LogP contribution in [0.25, 0.3) is 0 Å². The van der Waals surface area contributed by atoms with E-state index in [0.717, 1.165) is 11.4 Å². The monoisotopic (exact) mass is 263 g/mol. The molecule has 0 saturated heterocycles. The fraction of sp³-hybridized carbons (Fsp3) is 0.385. The molecule has 0 bridgehead atoms. The molecule has 1 aromatic carbocycles. The van der Waals surface area contributed by atoms with E-state index in [1.165, 1.54) is 0 Å². The lowest BCUT2D eigenvalue weighted by molar-refractivity contribution is 0.255. The Morgan fingerprint density at radius 3 is 2.63 bits per heavy atom. The van der Waals surface area contributed by atoms with Crippen LogP contribution < -0.4 is 4.74 Å². The molecule has 102 valence electrons. The van der Waals surface area contributed by atoms with Gasteiger partial charge in [0.15, 0.2) is 0 Å². The predicted octanol–water partition coefficient (Wildman–Crippen LogP) is 0.732. The summed E-state index contributed by atoms with van der Waals surface area (Å²) in [6.45, 7) is 0.759. The van der Waals surface area contributed by atoms with Crippen LogP contribution >= 0.6 is 0 Å². The van der Waals surface area contributed by atoms with Crippen molar-refractivity contribution in [2.45, 2.75) is 26.2 Å². The second kappa shape index (κ2) is 6.86. The van der Waals surface area contributed by atoms with E-state index in [-0.39, 0.29) is 13.2 Å². The van der Waals surface area contributed by atoms with Gasteiger partial charge < -0.3 is 14.9 Å². The number of rotatable bonds is 7. The summed E-state index contributed by atoms with van der Waals surface area (Å²) in [6, 6.07) is 9.42. The molecule has 6 nitrogen and oxygen atoms in total. The first-order valence-electron chi connectivity index (χ1n) is 6.16. The van der Waals surface area contributed by atoms with Crippen molar-refractivity contribution in [3.8, 4) is 5.75 Å². The summed E-state index contributed by atoms with van der Waals surface area (Å²) in [5, 5.41) is 25.9. The van der Waals surface area contributed by atoms with Crippen molar-refractivity contribution >= 4 is 0 Å². The van der Waals surface area contributed by atoms with Gasteiger partial charge in [0, 0.05) is 13.2 Å². The van der Waals surface area contributed by atoms with E-state index < -0.39 is 0 Å². The van der Waals surface area contributed by atoms with E-state index in [2.05, 4.69) is 10.3 Å². The van der Waals surface area contributed by atoms with Crippen LogP contribution in [0.1, 0.15) is 17.8 Å². The van der Waals surface area contributed by atoms with Crippen molar-refractivity contribution in [1.82, 2.24) is 15.0 Å². The second-order valence-corrected chi connectivity index (χ2v) is 4.04. The first kappa shape index (κ1) is 13.5. The molecule has 6 heteroatoms. The van der Waals surface area contributed by atoms with Gasteiger partial charge in [-0.1, -0.05) is 23.4 Å². The van der Waals surface area contributed by atoms with E-state index in [1.54, 1.807) is 4.68 Å². The predicted molar refractivity (Wildman–Crippen MR) is 68.4 cm³/mol. The van der Waals surface area contributed by atoms with Gasteiger partial charge in [-0.05, 0) is 18.6 Å². The number of benzene rings is 1. The Balaban J connectivity index is 2.07. The average Bonchev–Trinajstić information content (AvgIpc) is 2.86. The maximum Gasteiger partial charge on any atom is 0.132 e. The summed E-state index contributed by atoms with van der Waals surface area (Å²) in [6.07, 6.45) is 0.590. The maximum absolute atomic E-state index is 9.23. The lowest BCUT2D eigenvalue weighted by atomic mass is 10.3. The quantitative estimate of drug-likeness (QED) is 0.770. The van der Waals surface area contributed by atoms with Crippen LogP contribution in [0, 0.1) is 0 Å². The van der Waals surface area contributed by atoms with Crippen molar-refractivity contribution in [3.63, 3.8) is 0 Å². The summed E-state index contributed by atoms with van der Waals surface area (Å²) in [7, 11) is 0. The fourth-order valence-corrected chi connectivity index (χ4v) is 1.72. The number of ether oxygens (including phenoxy) is 1. The number of aryl methyl sites for hydroxylation is 1. The van der Waals surface area contributed by atoms with Gasteiger partial charge in [0.05, 0.1) is 6.61 Å². The first-order chi connectivity index (χ1) is 9.35. The number of aliphatic hydroxyl groups is 2. The zero-order valence-electron chi connectivity index (χ0n) is 10.6. The van der Waals surface area contributed by atoms with E-state index in [9.17, 15) is 5.11 Å². The Morgan fingerprint density at radius 2 is 1.95 bits per heavy atom. The van der Waals surface area contributed by atoms with Crippen LogP contribution in [0.2, 0.25) is 0 Å². The van der Waals surface area contributed by atoms with Gasteiger partial charge in [0.25, 0.3) is 0 Å². The maximum atomic E-state index is 9.23. The standard InChI is InChI=1S/C13H17N3O3/c17-8-4-7-16-13(12(9-18)14-15-16)10-19-11-5-2-1-3-6-11/h1-3,5-6,17-18H,4,7-10H2. The molecule has 0 spiro atoms. The lowest BCUT2D eigenvalue weighted by Gasteiger charge is -2.09. The molecular weight excluding hydrogens is 246 g/mol. The van der Waals surface area contributed by atoms with Gasteiger partial charge >= 0.3 is 0 Å². The van der Waals surface area contributed by atoms with Crippen molar-refractivity contribution < 1.29 is 14.9 Å². The van der Waals surface area contributed by atoms with E-state index >= 15 is 0 Å². The number of para-hydroxylation sites is 1. The summed E-state index contributed by atoms with van der Waals surface area (Å²) in [5.41, 5.74) is 1.24. The molecule has 0 amide bonds. The van der Waals surface area contributed by atoms with Crippen LogP contribution in [-0.2, 0) is 19.8 Å². The van der Waals surface area contributed by atoms with Crippen LogP contribution in [0.15, 0.2) is 30.3 Å². The molecule has 0 aliphatic heterocycles. The van der Waals surface area contributed by atoms with Gasteiger partial charge in [-0.15, -0.1) is 5.10 Å². The molecule has 1 heterocycles. The molecule has 0 atom stereocenters. The molecule has 19 heavy (non-hydrogen) atoms. The van der Waals surface area contributed by atoms with Gasteiger partial charge in [-0.3, -0.25) is 0 Å². The fourth-order valence-electron chi connectivity index (χ4n) is 1.72. The highest BCUT2D eigenvalue weighted by atomic mass is 16.5. The largest absolute Gasteiger partial charge is 0.487 e. The highest BCUT2D eigenvalue weighted by Gasteiger charge is 2.12. The molecule has 0 aliphatic rings. The molecular formula is C13H17N3O3. The van der Waals surface area contributed by atoms with E-state index in [0.29, 0.717) is 25.3 Å². The topological polar surface area (TPSA) is 80.4 Å². The summed E-state index contributed by atoms with van der Waals surface area (Å²) < 4.78 is 7.30. The van der Waals surface area contributed by atoms with Gasteiger partial charge in [-0.2, -0.15) is 0 Å². The second-order valence-electron chi connectivity index (χ2n) is 4.04. The molecule has 0 saturated carbocycles. The Bertz CT molecular complexity index is 499. The normalized spacial score (nSPS) is 10.6. The minimum atomic E-state index is -0.174. The smallest absolute Gasteiger partial charge is 0.132 e. The SMILES string of the molecule is OCCCn1nnc(CO)c1COc1ccccc1. The van der Waals surface area contributed by atoms with Crippen LogP contribution in [-0.4, -0.2) is 31.8 Å². The molecule has 0 fully saturated rings. The Hall–Kier alpha value is -1.92.